The Morgan fingerprint density at radius 3 is 2.19 bits per heavy atom. The van der Waals surface area contributed by atoms with E-state index in [-0.39, 0.29) is 0 Å². The first-order valence-electron chi connectivity index (χ1n) is 9.50. The Balaban J connectivity index is 1.88. The Morgan fingerprint density at radius 2 is 1.44 bits per heavy atom. The van der Waals surface area contributed by atoms with E-state index in [1.807, 2.05) is 6.07 Å². The van der Waals surface area contributed by atoms with Crippen LogP contribution in [0, 0.1) is 11.5 Å². The number of hydrogen-bond acceptors (Lipinski definition) is 1. The van der Waals surface area contributed by atoms with Gasteiger partial charge in [-0.05, 0) is 17.2 Å². The van der Waals surface area contributed by atoms with Gasteiger partial charge in [-0.2, -0.15) is 0 Å². The van der Waals surface area contributed by atoms with Crippen molar-refractivity contribution in [3.05, 3.63) is 102 Å². The Labute approximate surface area is 163 Å². The molecule has 2 heteroatoms. The van der Waals surface area contributed by atoms with E-state index in [2.05, 4.69) is 103 Å². The summed E-state index contributed by atoms with van der Waals surface area (Å²) in [6.45, 7) is 5.30. The van der Waals surface area contributed by atoms with Crippen molar-refractivity contribution in [2.45, 2.75) is 25.1 Å². The summed E-state index contributed by atoms with van der Waals surface area (Å²) < 4.78 is 6.46. The third kappa shape index (κ3) is 3.37. The largest absolute Gasteiger partial charge is 0.354 e. The average Bonchev–Trinajstić information content (AvgIpc) is 2.73. The fraction of sp³-hybridized carbons (Fsp3) is 0.200. The van der Waals surface area contributed by atoms with Gasteiger partial charge in [-0.3, -0.25) is 0 Å². The molecule has 0 radical (unpaired) electrons. The highest BCUT2D eigenvalue weighted by Gasteiger charge is 2.38. The maximum atomic E-state index is 6.46. The van der Waals surface area contributed by atoms with Crippen LogP contribution in [0.5, 0.6) is 0 Å². The number of fused-ring (bicyclic) bond motifs is 1. The standard InChI is InChI=1S/C25H24OSi/c1-27(2,23-14-7-4-8-15-23)20-18-25(22-12-5-3-6-13-22)24-16-10-9-11-21(24)17-19-26-25/h3-16H,17,19H2,1-2H3/t25-/m1/s1. The van der Waals surface area contributed by atoms with Gasteiger partial charge < -0.3 is 4.74 Å². The zero-order chi connectivity index (χ0) is 18.7. The van der Waals surface area contributed by atoms with Crippen LogP contribution in [0.4, 0.5) is 0 Å². The summed E-state index contributed by atoms with van der Waals surface area (Å²) in [5, 5.41) is 1.35. The predicted octanol–water partition coefficient (Wildman–Crippen LogP) is 4.66. The van der Waals surface area contributed by atoms with Crippen LogP contribution in [0.2, 0.25) is 13.1 Å². The van der Waals surface area contributed by atoms with E-state index in [9.17, 15) is 0 Å². The molecular weight excluding hydrogens is 344 g/mol. The van der Waals surface area contributed by atoms with Crippen molar-refractivity contribution in [2.24, 2.45) is 0 Å². The Bertz CT molecular complexity index is 983. The zero-order valence-corrected chi connectivity index (χ0v) is 16.9. The first-order chi connectivity index (χ1) is 13.1. The Morgan fingerprint density at radius 1 is 0.815 bits per heavy atom. The van der Waals surface area contributed by atoms with E-state index in [0.717, 1.165) is 12.0 Å². The van der Waals surface area contributed by atoms with Crippen LogP contribution in [0.15, 0.2) is 84.9 Å². The van der Waals surface area contributed by atoms with Gasteiger partial charge in [-0.25, -0.2) is 0 Å². The normalized spacial score (nSPS) is 18.9. The van der Waals surface area contributed by atoms with Gasteiger partial charge in [0.1, 0.15) is 0 Å². The van der Waals surface area contributed by atoms with Gasteiger partial charge in [0.15, 0.2) is 13.7 Å². The third-order valence-electron chi connectivity index (χ3n) is 5.31. The van der Waals surface area contributed by atoms with E-state index in [4.69, 9.17) is 4.74 Å². The SMILES string of the molecule is C[Si](C)(C#C[C@]1(c2ccccc2)OCCc2ccccc21)c1ccccc1. The highest BCUT2D eigenvalue weighted by molar-refractivity contribution is 6.96. The highest BCUT2D eigenvalue weighted by Crippen LogP contribution is 2.38. The molecule has 0 unspecified atom stereocenters. The van der Waals surface area contributed by atoms with Crippen LogP contribution in [0.1, 0.15) is 16.7 Å². The zero-order valence-electron chi connectivity index (χ0n) is 15.9. The van der Waals surface area contributed by atoms with Crippen molar-refractivity contribution in [3.63, 3.8) is 0 Å². The molecule has 3 aromatic carbocycles. The molecule has 3 aromatic rings. The van der Waals surface area contributed by atoms with E-state index < -0.39 is 13.7 Å². The van der Waals surface area contributed by atoms with Gasteiger partial charge in [-0.15, -0.1) is 5.54 Å². The molecule has 0 saturated carbocycles. The molecule has 0 bridgehead atoms. The molecule has 0 aromatic heterocycles. The highest BCUT2D eigenvalue weighted by atomic mass is 28.3. The fourth-order valence-electron chi connectivity index (χ4n) is 3.73. The smallest absolute Gasteiger partial charge is 0.179 e. The number of benzene rings is 3. The lowest BCUT2D eigenvalue weighted by molar-refractivity contribution is 0.0161. The number of ether oxygens (including phenoxy) is 1. The van der Waals surface area contributed by atoms with Crippen LogP contribution in [0.25, 0.3) is 0 Å². The summed E-state index contributed by atoms with van der Waals surface area (Å²) >= 11 is 0. The summed E-state index contributed by atoms with van der Waals surface area (Å²) in [7, 11) is -1.91. The molecule has 134 valence electrons. The minimum Gasteiger partial charge on any atom is -0.354 e. The van der Waals surface area contributed by atoms with Crippen molar-refractivity contribution in [1.29, 1.82) is 0 Å². The van der Waals surface area contributed by atoms with Crippen molar-refractivity contribution in [1.82, 2.24) is 0 Å². The molecule has 0 fully saturated rings. The summed E-state index contributed by atoms with van der Waals surface area (Å²) in [4.78, 5) is 0. The third-order valence-corrected chi connectivity index (χ3v) is 7.84. The Hall–Kier alpha value is -2.60. The molecule has 0 saturated heterocycles. The molecule has 1 atom stereocenters. The molecule has 0 amide bonds. The summed E-state index contributed by atoms with van der Waals surface area (Å²) in [5.74, 6) is 3.64. The van der Waals surface area contributed by atoms with E-state index in [1.165, 1.54) is 16.3 Å². The van der Waals surface area contributed by atoms with Gasteiger partial charge in [0, 0.05) is 11.1 Å². The maximum Gasteiger partial charge on any atom is 0.179 e. The molecule has 0 spiro atoms. The lowest BCUT2D eigenvalue weighted by atomic mass is 9.81. The second-order valence-electron chi connectivity index (χ2n) is 7.54. The molecule has 27 heavy (non-hydrogen) atoms. The van der Waals surface area contributed by atoms with Crippen LogP contribution in [-0.2, 0) is 16.8 Å². The lowest BCUT2D eigenvalue weighted by Crippen LogP contribution is -2.42. The predicted molar refractivity (Wildman–Crippen MR) is 115 cm³/mol. The van der Waals surface area contributed by atoms with E-state index >= 15 is 0 Å². The summed E-state index contributed by atoms with van der Waals surface area (Å²) in [5.41, 5.74) is 6.64. The lowest BCUT2D eigenvalue weighted by Gasteiger charge is -2.36. The molecule has 1 aliphatic rings. The van der Waals surface area contributed by atoms with Crippen LogP contribution < -0.4 is 5.19 Å². The van der Waals surface area contributed by atoms with Crippen molar-refractivity contribution < 1.29 is 4.74 Å². The fourth-order valence-corrected chi connectivity index (χ4v) is 5.39. The second-order valence-corrected chi connectivity index (χ2v) is 11.6. The quantitative estimate of drug-likeness (QED) is 0.472. The number of rotatable bonds is 2. The minimum absolute atomic E-state index is 0.685. The Kier molecular flexibility index (Phi) is 4.74. The van der Waals surface area contributed by atoms with Crippen LogP contribution in [-0.4, -0.2) is 14.7 Å². The van der Waals surface area contributed by atoms with Crippen molar-refractivity contribution >= 4 is 13.3 Å². The van der Waals surface area contributed by atoms with E-state index in [1.54, 1.807) is 0 Å². The molecule has 1 heterocycles. The van der Waals surface area contributed by atoms with E-state index in [0.29, 0.717) is 6.61 Å². The molecule has 0 aliphatic carbocycles. The first kappa shape index (κ1) is 17.8. The minimum atomic E-state index is -1.91. The van der Waals surface area contributed by atoms with Gasteiger partial charge >= 0.3 is 0 Å². The molecule has 0 N–H and O–H groups in total. The monoisotopic (exact) mass is 368 g/mol. The molecular formula is C25H24OSi. The van der Waals surface area contributed by atoms with Crippen LogP contribution >= 0.6 is 0 Å². The molecule has 1 aliphatic heterocycles. The summed E-state index contributed by atoms with van der Waals surface area (Å²) in [6, 6.07) is 29.7. The second kappa shape index (κ2) is 7.19. The molecule has 1 nitrogen and oxygen atoms in total. The van der Waals surface area contributed by atoms with Crippen LogP contribution in [0.3, 0.4) is 0 Å². The molecule has 4 rings (SSSR count). The topological polar surface area (TPSA) is 9.23 Å². The maximum absolute atomic E-state index is 6.46. The van der Waals surface area contributed by atoms with Gasteiger partial charge in [-0.1, -0.05) is 104 Å². The van der Waals surface area contributed by atoms with Crippen molar-refractivity contribution in [3.8, 4) is 11.5 Å². The first-order valence-corrected chi connectivity index (χ1v) is 12.5. The van der Waals surface area contributed by atoms with Gasteiger partial charge in [0.05, 0.1) is 6.61 Å². The summed E-state index contributed by atoms with van der Waals surface area (Å²) in [6.07, 6.45) is 0.936. The average molecular weight is 369 g/mol. The van der Waals surface area contributed by atoms with Crippen molar-refractivity contribution in [2.75, 3.05) is 6.61 Å². The van der Waals surface area contributed by atoms with Gasteiger partial charge in [0.2, 0.25) is 0 Å². The van der Waals surface area contributed by atoms with Gasteiger partial charge in [0.25, 0.3) is 0 Å². The number of hydrogen-bond donors (Lipinski definition) is 0.